The van der Waals surface area contributed by atoms with Crippen LogP contribution >= 0.6 is 0 Å². The first kappa shape index (κ1) is 19.5. The molecule has 0 N–H and O–H groups in total. The lowest BCUT2D eigenvalue weighted by Crippen LogP contribution is -2.31. The maximum atomic E-state index is 11.9. The van der Waals surface area contributed by atoms with Crippen molar-refractivity contribution in [2.24, 2.45) is 0 Å². The molecule has 1 aliphatic rings. The first-order valence-corrected chi connectivity index (χ1v) is 10.00. The number of ether oxygens (including phenoxy) is 2. The predicted molar refractivity (Wildman–Crippen MR) is 105 cm³/mol. The smallest absolute Gasteiger partial charge is 0.409 e. The second-order valence-corrected chi connectivity index (χ2v) is 7.01. The molecule has 27 heavy (non-hydrogen) atoms. The summed E-state index contributed by atoms with van der Waals surface area (Å²) in [7, 11) is 0. The number of aromatic nitrogens is 2. The summed E-state index contributed by atoms with van der Waals surface area (Å²) < 4.78 is 11.2. The van der Waals surface area contributed by atoms with E-state index in [0.29, 0.717) is 13.2 Å². The van der Waals surface area contributed by atoms with Crippen molar-refractivity contribution >= 4 is 17.1 Å². The number of carbonyl (C=O) groups excluding carboxylic acids is 1. The zero-order valence-electron chi connectivity index (χ0n) is 16.1. The molecule has 1 aliphatic heterocycles. The lowest BCUT2D eigenvalue weighted by atomic mass is 10.1. The Labute approximate surface area is 160 Å². The molecule has 0 aliphatic carbocycles. The van der Waals surface area contributed by atoms with Crippen LogP contribution in [0, 0.1) is 0 Å². The van der Waals surface area contributed by atoms with Gasteiger partial charge in [-0.3, -0.25) is 0 Å². The van der Waals surface area contributed by atoms with Gasteiger partial charge in [0.05, 0.1) is 19.3 Å². The maximum Gasteiger partial charge on any atom is 0.409 e. The quantitative estimate of drug-likeness (QED) is 0.624. The van der Waals surface area contributed by atoms with E-state index >= 15 is 0 Å². The average Bonchev–Trinajstić information content (AvgIpc) is 3.17. The van der Waals surface area contributed by atoms with Crippen LogP contribution in [0.5, 0.6) is 0 Å². The summed E-state index contributed by atoms with van der Waals surface area (Å²) in [6.45, 7) is 4.68. The fraction of sp³-hybridized carbons (Fsp3) is 0.571. The minimum atomic E-state index is -0.203. The van der Waals surface area contributed by atoms with Crippen LogP contribution in [0.4, 0.5) is 4.79 Å². The fourth-order valence-corrected chi connectivity index (χ4v) is 3.21. The zero-order chi connectivity index (χ0) is 18.9. The van der Waals surface area contributed by atoms with Gasteiger partial charge in [0.2, 0.25) is 0 Å². The third-order valence-corrected chi connectivity index (χ3v) is 4.83. The van der Waals surface area contributed by atoms with Crippen LogP contribution in [0.1, 0.15) is 44.7 Å². The standard InChI is InChI=1S/C21H29N3O3/c1-2-3-14-27-21(25)24-13-11-19(16-24)26-15-5-4-8-18-10-9-17-7-6-12-22-20(17)23-18/h6-7,9-10,12,19H,2-5,8,11,13-16H2,1H3. The number of unbranched alkanes of at least 4 members (excludes halogenated alkanes) is 2. The van der Waals surface area contributed by atoms with Crippen LogP contribution in [0.2, 0.25) is 0 Å². The molecule has 0 spiro atoms. The van der Waals surface area contributed by atoms with Crippen LogP contribution in [-0.4, -0.2) is 53.4 Å². The summed E-state index contributed by atoms with van der Waals surface area (Å²) in [6, 6.07) is 8.10. The molecule has 1 atom stereocenters. The van der Waals surface area contributed by atoms with Crippen molar-refractivity contribution < 1.29 is 14.3 Å². The molecule has 1 unspecified atom stereocenters. The summed E-state index contributed by atoms with van der Waals surface area (Å²) in [5.41, 5.74) is 1.88. The molecule has 3 heterocycles. The number of hydrogen-bond acceptors (Lipinski definition) is 5. The molecule has 6 nitrogen and oxygen atoms in total. The highest BCUT2D eigenvalue weighted by atomic mass is 16.6. The van der Waals surface area contributed by atoms with Crippen molar-refractivity contribution in [1.82, 2.24) is 14.9 Å². The molecule has 0 aromatic carbocycles. The molecular weight excluding hydrogens is 342 g/mol. The van der Waals surface area contributed by atoms with Gasteiger partial charge in [0.1, 0.15) is 0 Å². The highest BCUT2D eigenvalue weighted by Gasteiger charge is 2.27. The average molecular weight is 371 g/mol. The summed E-state index contributed by atoms with van der Waals surface area (Å²) in [5, 5.41) is 1.07. The molecule has 1 saturated heterocycles. The van der Waals surface area contributed by atoms with E-state index in [4.69, 9.17) is 9.47 Å². The van der Waals surface area contributed by atoms with Gasteiger partial charge in [-0.1, -0.05) is 13.3 Å². The zero-order valence-corrected chi connectivity index (χ0v) is 16.1. The summed E-state index contributed by atoms with van der Waals surface area (Å²) in [5.74, 6) is 0. The molecule has 2 aromatic heterocycles. The predicted octanol–water partition coefficient (Wildman–Crippen LogP) is 3.98. The van der Waals surface area contributed by atoms with Gasteiger partial charge in [0.25, 0.3) is 0 Å². The number of rotatable bonds is 9. The number of aryl methyl sites for hydroxylation is 1. The van der Waals surface area contributed by atoms with Crippen LogP contribution in [0.15, 0.2) is 30.5 Å². The van der Waals surface area contributed by atoms with Crippen molar-refractivity contribution in [1.29, 1.82) is 0 Å². The lowest BCUT2D eigenvalue weighted by Gasteiger charge is -2.16. The Bertz CT molecular complexity index is 737. The largest absolute Gasteiger partial charge is 0.449 e. The van der Waals surface area contributed by atoms with Gasteiger partial charge >= 0.3 is 6.09 Å². The summed E-state index contributed by atoms with van der Waals surface area (Å²) >= 11 is 0. The number of nitrogens with zero attached hydrogens (tertiary/aromatic N) is 3. The minimum Gasteiger partial charge on any atom is -0.449 e. The highest BCUT2D eigenvalue weighted by Crippen LogP contribution is 2.15. The van der Waals surface area contributed by atoms with Gasteiger partial charge in [-0.2, -0.15) is 0 Å². The van der Waals surface area contributed by atoms with E-state index in [0.717, 1.165) is 68.4 Å². The second-order valence-electron chi connectivity index (χ2n) is 7.01. The lowest BCUT2D eigenvalue weighted by molar-refractivity contribution is 0.0527. The molecule has 6 heteroatoms. The van der Waals surface area contributed by atoms with Gasteiger partial charge in [-0.05, 0) is 56.4 Å². The Morgan fingerprint density at radius 2 is 2.15 bits per heavy atom. The first-order chi connectivity index (χ1) is 13.3. The third kappa shape index (κ3) is 5.89. The van der Waals surface area contributed by atoms with E-state index < -0.39 is 0 Å². The molecular formula is C21H29N3O3. The molecule has 0 radical (unpaired) electrons. The second kappa shape index (κ2) is 10.2. The van der Waals surface area contributed by atoms with Crippen molar-refractivity contribution in [3.05, 3.63) is 36.2 Å². The number of hydrogen-bond donors (Lipinski definition) is 0. The molecule has 2 aromatic rings. The minimum absolute atomic E-state index is 0.131. The Morgan fingerprint density at radius 3 is 3.04 bits per heavy atom. The van der Waals surface area contributed by atoms with E-state index in [1.54, 1.807) is 11.1 Å². The highest BCUT2D eigenvalue weighted by molar-refractivity contribution is 5.74. The van der Waals surface area contributed by atoms with E-state index in [1.165, 1.54) is 0 Å². The number of likely N-dealkylation sites (tertiary alicyclic amines) is 1. The van der Waals surface area contributed by atoms with Gasteiger partial charge in [-0.25, -0.2) is 14.8 Å². The monoisotopic (exact) mass is 371 g/mol. The van der Waals surface area contributed by atoms with E-state index in [2.05, 4.69) is 29.0 Å². The molecule has 0 saturated carbocycles. The summed E-state index contributed by atoms with van der Waals surface area (Å²) in [6.07, 6.45) is 7.48. The molecule has 1 amide bonds. The van der Waals surface area contributed by atoms with Crippen molar-refractivity contribution in [3.8, 4) is 0 Å². The normalized spacial score (nSPS) is 16.8. The van der Waals surface area contributed by atoms with Gasteiger partial charge in [-0.15, -0.1) is 0 Å². The number of amides is 1. The number of fused-ring (bicyclic) bond motifs is 1. The fourth-order valence-electron chi connectivity index (χ4n) is 3.21. The van der Waals surface area contributed by atoms with Gasteiger partial charge < -0.3 is 14.4 Å². The van der Waals surface area contributed by atoms with Crippen LogP contribution in [0.3, 0.4) is 0 Å². The topological polar surface area (TPSA) is 64.5 Å². The first-order valence-electron chi connectivity index (χ1n) is 10.00. The Balaban J connectivity index is 1.30. The van der Waals surface area contributed by atoms with E-state index in [1.807, 2.05) is 12.1 Å². The van der Waals surface area contributed by atoms with Crippen LogP contribution < -0.4 is 0 Å². The van der Waals surface area contributed by atoms with Crippen molar-refractivity contribution in [2.75, 3.05) is 26.3 Å². The van der Waals surface area contributed by atoms with Crippen molar-refractivity contribution in [2.45, 2.75) is 51.6 Å². The van der Waals surface area contributed by atoms with Crippen LogP contribution in [0.25, 0.3) is 11.0 Å². The molecule has 0 bridgehead atoms. The Kier molecular flexibility index (Phi) is 7.39. The Morgan fingerprint density at radius 1 is 1.22 bits per heavy atom. The number of carbonyl (C=O) groups is 1. The van der Waals surface area contributed by atoms with E-state index in [9.17, 15) is 4.79 Å². The van der Waals surface area contributed by atoms with Crippen molar-refractivity contribution in [3.63, 3.8) is 0 Å². The number of pyridine rings is 2. The Hall–Kier alpha value is -2.21. The van der Waals surface area contributed by atoms with E-state index in [-0.39, 0.29) is 12.2 Å². The van der Waals surface area contributed by atoms with Gasteiger partial charge in [0, 0.05) is 30.4 Å². The van der Waals surface area contributed by atoms with Crippen LogP contribution in [-0.2, 0) is 15.9 Å². The summed E-state index contributed by atoms with van der Waals surface area (Å²) in [4.78, 5) is 22.6. The van der Waals surface area contributed by atoms with Gasteiger partial charge in [0.15, 0.2) is 5.65 Å². The maximum absolute atomic E-state index is 11.9. The molecule has 1 fully saturated rings. The molecule has 3 rings (SSSR count). The third-order valence-electron chi connectivity index (χ3n) is 4.83. The molecule has 146 valence electrons. The SMILES string of the molecule is CCCCOC(=O)N1CCC(OCCCCc2ccc3cccnc3n2)C1.